The van der Waals surface area contributed by atoms with Crippen LogP contribution in [0.2, 0.25) is 0 Å². The molecular weight excluding hydrogens is 267 g/mol. The zero-order valence-corrected chi connectivity index (χ0v) is 13.3. The summed E-state index contributed by atoms with van der Waals surface area (Å²) in [5.41, 5.74) is 6.57. The van der Waals surface area contributed by atoms with E-state index in [0.717, 1.165) is 24.9 Å². The van der Waals surface area contributed by atoms with Crippen LogP contribution < -0.4 is 5.73 Å². The zero-order valence-electron chi connectivity index (χ0n) is 13.3. The fourth-order valence-electron chi connectivity index (χ4n) is 3.09. The number of hydrogen-bond donors (Lipinski definition) is 1. The number of furan rings is 1. The molecule has 0 saturated heterocycles. The van der Waals surface area contributed by atoms with Crippen LogP contribution in [0.1, 0.15) is 45.9 Å². The average molecular weight is 292 g/mol. The van der Waals surface area contributed by atoms with Gasteiger partial charge in [-0.05, 0) is 38.6 Å². The van der Waals surface area contributed by atoms with Gasteiger partial charge in [0.25, 0.3) is 0 Å². The Morgan fingerprint density at radius 3 is 2.48 bits per heavy atom. The molecule has 2 unspecified atom stereocenters. The summed E-state index contributed by atoms with van der Waals surface area (Å²) in [6.07, 6.45) is 0.898. The van der Waals surface area contributed by atoms with E-state index < -0.39 is 0 Å². The van der Waals surface area contributed by atoms with Crippen molar-refractivity contribution in [1.82, 2.24) is 4.90 Å². The van der Waals surface area contributed by atoms with Gasteiger partial charge < -0.3 is 10.2 Å². The molecule has 0 bridgehead atoms. The van der Waals surface area contributed by atoms with E-state index in [1.165, 1.54) is 6.07 Å². The van der Waals surface area contributed by atoms with Gasteiger partial charge in [0.15, 0.2) is 11.4 Å². The van der Waals surface area contributed by atoms with Crippen LogP contribution in [0.4, 0.5) is 4.39 Å². The molecule has 3 nitrogen and oxygen atoms in total. The molecule has 1 heterocycles. The molecule has 0 fully saturated rings. The third-order valence-corrected chi connectivity index (χ3v) is 4.69. The van der Waals surface area contributed by atoms with Crippen LogP contribution in [-0.2, 0) is 0 Å². The summed E-state index contributed by atoms with van der Waals surface area (Å²) in [5, 5.41) is 0.762. The molecule has 2 atom stereocenters. The average Bonchev–Trinajstić information content (AvgIpc) is 2.92. The molecule has 0 saturated carbocycles. The van der Waals surface area contributed by atoms with Crippen molar-refractivity contribution in [3.8, 4) is 0 Å². The maximum Gasteiger partial charge on any atom is 0.169 e. The lowest BCUT2D eigenvalue weighted by molar-refractivity contribution is 0.0773. The number of nitrogens with zero attached hydrogens (tertiary/aromatic N) is 1. The Morgan fingerprint density at radius 2 is 1.95 bits per heavy atom. The first-order valence-electron chi connectivity index (χ1n) is 7.66. The second-order valence-electron chi connectivity index (χ2n) is 5.67. The predicted octanol–water partition coefficient (Wildman–Crippen LogP) is 4.08. The number of benzene rings is 1. The number of rotatable bonds is 6. The van der Waals surface area contributed by atoms with Crippen LogP contribution in [0.3, 0.4) is 0 Å². The van der Waals surface area contributed by atoms with E-state index in [1.54, 1.807) is 6.07 Å². The van der Waals surface area contributed by atoms with Crippen molar-refractivity contribution in [3.05, 3.63) is 35.8 Å². The number of fused-ring (bicyclic) bond motifs is 1. The first kappa shape index (κ1) is 16.0. The summed E-state index contributed by atoms with van der Waals surface area (Å²) in [5.74, 6) is 0.304. The van der Waals surface area contributed by atoms with E-state index in [1.807, 2.05) is 12.1 Å². The molecular formula is C17H25FN2O. The van der Waals surface area contributed by atoms with Crippen molar-refractivity contribution >= 4 is 11.0 Å². The highest BCUT2D eigenvalue weighted by Crippen LogP contribution is 2.35. The molecule has 2 aromatic rings. The predicted molar refractivity (Wildman–Crippen MR) is 84.7 cm³/mol. The molecule has 0 amide bonds. The third kappa shape index (κ3) is 2.70. The Balaban J connectivity index is 2.44. The van der Waals surface area contributed by atoms with E-state index in [9.17, 15) is 4.39 Å². The third-order valence-electron chi connectivity index (χ3n) is 4.69. The van der Waals surface area contributed by atoms with Gasteiger partial charge in [0.2, 0.25) is 0 Å². The lowest BCUT2D eigenvalue weighted by atomic mass is 9.86. The minimum Gasteiger partial charge on any atom is -0.456 e. The Bertz CT molecular complexity index is 606. The normalized spacial score (nSPS) is 16.3. The Labute approximate surface area is 125 Å². The Kier molecular flexibility index (Phi) is 4.69. The standard InChI is InChI=1S/C17H25FN2O/c1-5-17(4,20(6-2)7-3)16(19)14-11-12-9-8-10-13(18)15(12)21-14/h8-11,16H,5-7,19H2,1-4H3. The zero-order chi connectivity index (χ0) is 15.6. The van der Waals surface area contributed by atoms with Gasteiger partial charge in [-0.2, -0.15) is 0 Å². The molecule has 2 rings (SSSR count). The van der Waals surface area contributed by atoms with Gasteiger partial charge in [0.05, 0.1) is 6.04 Å². The van der Waals surface area contributed by atoms with Crippen molar-refractivity contribution in [3.63, 3.8) is 0 Å². The number of para-hydroxylation sites is 1. The van der Waals surface area contributed by atoms with Crippen molar-refractivity contribution in [2.24, 2.45) is 5.73 Å². The van der Waals surface area contributed by atoms with E-state index in [0.29, 0.717) is 11.3 Å². The maximum atomic E-state index is 13.8. The summed E-state index contributed by atoms with van der Waals surface area (Å²) in [7, 11) is 0. The topological polar surface area (TPSA) is 42.4 Å². The SMILES string of the molecule is CCN(CC)C(C)(CC)C(N)c1cc2cccc(F)c2o1. The summed E-state index contributed by atoms with van der Waals surface area (Å²) in [4.78, 5) is 2.33. The summed E-state index contributed by atoms with van der Waals surface area (Å²) in [6.45, 7) is 10.4. The van der Waals surface area contributed by atoms with E-state index >= 15 is 0 Å². The van der Waals surface area contributed by atoms with Gasteiger partial charge in [0, 0.05) is 10.9 Å². The van der Waals surface area contributed by atoms with Crippen LogP contribution >= 0.6 is 0 Å². The quantitative estimate of drug-likeness (QED) is 0.872. The van der Waals surface area contributed by atoms with Crippen LogP contribution in [0.15, 0.2) is 28.7 Å². The molecule has 4 heteroatoms. The second kappa shape index (κ2) is 6.16. The smallest absolute Gasteiger partial charge is 0.169 e. The molecule has 0 aliphatic rings. The van der Waals surface area contributed by atoms with Crippen LogP contribution in [-0.4, -0.2) is 23.5 Å². The lowest BCUT2D eigenvalue weighted by Gasteiger charge is -2.43. The van der Waals surface area contributed by atoms with Crippen molar-refractivity contribution < 1.29 is 8.81 Å². The van der Waals surface area contributed by atoms with Crippen LogP contribution in [0.5, 0.6) is 0 Å². The van der Waals surface area contributed by atoms with Gasteiger partial charge in [-0.3, -0.25) is 4.90 Å². The Hall–Kier alpha value is -1.39. The second-order valence-corrected chi connectivity index (χ2v) is 5.67. The first-order chi connectivity index (χ1) is 9.97. The highest BCUT2D eigenvalue weighted by Gasteiger charge is 2.37. The lowest BCUT2D eigenvalue weighted by Crippen LogP contribution is -2.52. The molecule has 0 aliphatic carbocycles. The largest absolute Gasteiger partial charge is 0.456 e. The van der Waals surface area contributed by atoms with Crippen LogP contribution in [0, 0.1) is 5.82 Å². The highest BCUT2D eigenvalue weighted by atomic mass is 19.1. The van der Waals surface area contributed by atoms with Gasteiger partial charge >= 0.3 is 0 Å². The maximum absolute atomic E-state index is 13.8. The van der Waals surface area contributed by atoms with Gasteiger partial charge in [-0.1, -0.05) is 32.9 Å². The summed E-state index contributed by atoms with van der Waals surface area (Å²) >= 11 is 0. The van der Waals surface area contributed by atoms with Crippen molar-refractivity contribution in [1.29, 1.82) is 0 Å². The van der Waals surface area contributed by atoms with Gasteiger partial charge in [-0.25, -0.2) is 4.39 Å². The van der Waals surface area contributed by atoms with Gasteiger partial charge in [0.1, 0.15) is 5.76 Å². The van der Waals surface area contributed by atoms with Gasteiger partial charge in [-0.15, -0.1) is 0 Å². The summed E-state index contributed by atoms with van der Waals surface area (Å²) < 4.78 is 19.5. The Morgan fingerprint density at radius 1 is 1.29 bits per heavy atom. The number of nitrogens with two attached hydrogens (primary N) is 1. The van der Waals surface area contributed by atoms with E-state index in [4.69, 9.17) is 10.2 Å². The van der Waals surface area contributed by atoms with Crippen molar-refractivity contribution in [2.45, 2.75) is 45.7 Å². The molecule has 116 valence electrons. The molecule has 2 N–H and O–H groups in total. The minimum atomic E-state index is -0.341. The van der Waals surface area contributed by atoms with E-state index in [2.05, 4.69) is 32.6 Å². The number of halogens is 1. The fourth-order valence-corrected chi connectivity index (χ4v) is 3.09. The summed E-state index contributed by atoms with van der Waals surface area (Å²) in [6, 6.07) is 6.50. The highest BCUT2D eigenvalue weighted by molar-refractivity contribution is 5.78. The van der Waals surface area contributed by atoms with Crippen LogP contribution in [0.25, 0.3) is 11.0 Å². The molecule has 21 heavy (non-hydrogen) atoms. The van der Waals surface area contributed by atoms with Crippen molar-refractivity contribution in [2.75, 3.05) is 13.1 Å². The molecule has 0 radical (unpaired) electrons. The molecule has 1 aromatic carbocycles. The minimum absolute atomic E-state index is 0.214. The molecule has 0 aliphatic heterocycles. The van der Waals surface area contributed by atoms with E-state index in [-0.39, 0.29) is 17.4 Å². The first-order valence-corrected chi connectivity index (χ1v) is 7.66. The number of hydrogen-bond acceptors (Lipinski definition) is 3. The molecule has 0 spiro atoms. The number of likely N-dealkylation sites (N-methyl/N-ethyl adjacent to an activating group) is 1. The molecule has 1 aromatic heterocycles. The fraction of sp³-hybridized carbons (Fsp3) is 0.529. The monoisotopic (exact) mass is 292 g/mol.